The lowest BCUT2D eigenvalue weighted by molar-refractivity contribution is 0.511. The molecule has 0 saturated heterocycles. The normalized spacial score (nSPS) is 11.3. The molecule has 0 aliphatic heterocycles. The summed E-state index contributed by atoms with van der Waals surface area (Å²) in [6.07, 6.45) is 0. The molecule has 0 amide bonds. The van der Waals surface area contributed by atoms with Crippen LogP contribution in [0.3, 0.4) is 0 Å². The van der Waals surface area contributed by atoms with Gasteiger partial charge < -0.3 is 5.73 Å². The van der Waals surface area contributed by atoms with Crippen molar-refractivity contribution in [2.75, 3.05) is 4.72 Å². The average molecular weight is 298 g/mol. The van der Waals surface area contributed by atoms with Gasteiger partial charge in [0, 0.05) is 6.54 Å². The van der Waals surface area contributed by atoms with Crippen molar-refractivity contribution in [3.63, 3.8) is 0 Å². The van der Waals surface area contributed by atoms with Gasteiger partial charge in [-0.3, -0.25) is 4.72 Å². The third-order valence-corrected chi connectivity index (χ3v) is 4.14. The summed E-state index contributed by atoms with van der Waals surface area (Å²) in [5, 5.41) is 0. The molecule has 0 fully saturated rings. The van der Waals surface area contributed by atoms with Crippen molar-refractivity contribution in [2.45, 2.75) is 11.4 Å². The van der Waals surface area contributed by atoms with Crippen molar-refractivity contribution >= 4 is 15.7 Å². The van der Waals surface area contributed by atoms with Gasteiger partial charge in [0.2, 0.25) is 0 Å². The molecule has 2 aromatic rings. The predicted molar refractivity (Wildman–Crippen MR) is 71.5 cm³/mol. The molecule has 0 aromatic heterocycles. The maximum Gasteiger partial charge on any atom is 0.262 e. The summed E-state index contributed by atoms with van der Waals surface area (Å²) in [6, 6.07) is 9.32. The molecule has 0 saturated carbocycles. The number of nitrogens with one attached hydrogen (secondary N) is 1. The van der Waals surface area contributed by atoms with Crippen molar-refractivity contribution in [1.82, 2.24) is 0 Å². The number of benzene rings is 2. The maximum atomic E-state index is 13.5. The first-order valence-electron chi connectivity index (χ1n) is 5.70. The minimum Gasteiger partial charge on any atom is -0.326 e. The van der Waals surface area contributed by atoms with E-state index in [-0.39, 0.29) is 11.4 Å². The quantitative estimate of drug-likeness (QED) is 0.909. The molecule has 0 spiro atoms. The van der Waals surface area contributed by atoms with E-state index in [2.05, 4.69) is 0 Å². The van der Waals surface area contributed by atoms with Gasteiger partial charge in [-0.05, 0) is 23.8 Å². The smallest absolute Gasteiger partial charge is 0.262 e. The van der Waals surface area contributed by atoms with Gasteiger partial charge in [0.1, 0.15) is 0 Å². The van der Waals surface area contributed by atoms with Crippen LogP contribution in [0.5, 0.6) is 0 Å². The molecule has 0 unspecified atom stereocenters. The van der Waals surface area contributed by atoms with E-state index in [1.54, 1.807) is 12.1 Å². The Hall–Kier alpha value is -1.99. The largest absolute Gasteiger partial charge is 0.326 e. The average Bonchev–Trinajstić information content (AvgIpc) is 2.43. The fourth-order valence-corrected chi connectivity index (χ4v) is 3.03. The summed E-state index contributed by atoms with van der Waals surface area (Å²) >= 11 is 0. The van der Waals surface area contributed by atoms with E-state index in [1.165, 1.54) is 18.2 Å². The Balaban J connectivity index is 2.44. The Morgan fingerprint density at radius 3 is 2.45 bits per heavy atom. The van der Waals surface area contributed by atoms with E-state index >= 15 is 0 Å². The molecule has 0 radical (unpaired) electrons. The second kappa shape index (κ2) is 5.56. The topological polar surface area (TPSA) is 72.2 Å². The second-order valence-corrected chi connectivity index (χ2v) is 5.67. The third kappa shape index (κ3) is 2.78. The molecule has 2 aromatic carbocycles. The van der Waals surface area contributed by atoms with Crippen LogP contribution < -0.4 is 10.5 Å². The van der Waals surface area contributed by atoms with Crippen LogP contribution in [0.15, 0.2) is 47.4 Å². The molecule has 7 heteroatoms. The number of hydrogen-bond acceptors (Lipinski definition) is 3. The molecule has 4 nitrogen and oxygen atoms in total. The summed E-state index contributed by atoms with van der Waals surface area (Å²) in [4.78, 5) is -0.0637. The molecular weight excluding hydrogens is 286 g/mol. The standard InChI is InChI=1S/C13H12F2N2O2S/c14-10-5-3-6-11(13(10)15)17-20(18,19)12-7-2-1-4-9(12)8-16/h1-7,17H,8,16H2. The fourth-order valence-electron chi connectivity index (χ4n) is 1.72. The molecule has 0 aliphatic rings. The number of hydrogen-bond donors (Lipinski definition) is 2. The molecule has 0 atom stereocenters. The summed E-state index contributed by atoms with van der Waals surface area (Å²) in [7, 11) is -4.03. The van der Waals surface area contributed by atoms with Crippen LogP contribution in [0.1, 0.15) is 5.56 Å². The highest BCUT2D eigenvalue weighted by Gasteiger charge is 2.20. The molecular formula is C13H12F2N2O2S. The van der Waals surface area contributed by atoms with Gasteiger partial charge in [-0.25, -0.2) is 17.2 Å². The van der Waals surface area contributed by atoms with Crippen molar-refractivity contribution < 1.29 is 17.2 Å². The first kappa shape index (κ1) is 14.4. The molecule has 0 heterocycles. The zero-order chi connectivity index (χ0) is 14.8. The van der Waals surface area contributed by atoms with Crippen molar-refractivity contribution in [1.29, 1.82) is 0 Å². The Kier molecular flexibility index (Phi) is 4.01. The van der Waals surface area contributed by atoms with Crippen LogP contribution in [0.2, 0.25) is 0 Å². The molecule has 0 bridgehead atoms. The molecule has 106 valence electrons. The summed E-state index contributed by atoms with van der Waals surface area (Å²) < 4.78 is 53.0. The van der Waals surface area contributed by atoms with E-state index in [4.69, 9.17) is 5.73 Å². The van der Waals surface area contributed by atoms with Gasteiger partial charge in [-0.1, -0.05) is 24.3 Å². The Morgan fingerprint density at radius 2 is 1.75 bits per heavy atom. The highest BCUT2D eigenvalue weighted by Crippen LogP contribution is 2.22. The van der Waals surface area contributed by atoms with E-state index in [1.807, 2.05) is 4.72 Å². The lowest BCUT2D eigenvalue weighted by Crippen LogP contribution is -2.17. The van der Waals surface area contributed by atoms with Crippen LogP contribution in [0, 0.1) is 11.6 Å². The minimum absolute atomic E-state index is 0.0166. The van der Waals surface area contributed by atoms with Gasteiger partial charge in [-0.15, -0.1) is 0 Å². The van der Waals surface area contributed by atoms with Crippen LogP contribution in [0.4, 0.5) is 14.5 Å². The fraction of sp³-hybridized carbons (Fsp3) is 0.0769. The Bertz CT molecular complexity index is 733. The van der Waals surface area contributed by atoms with E-state index in [0.29, 0.717) is 5.56 Å². The summed E-state index contributed by atoms with van der Waals surface area (Å²) in [6.45, 7) is 0.0166. The van der Waals surface area contributed by atoms with E-state index in [0.717, 1.165) is 12.1 Å². The Morgan fingerprint density at radius 1 is 1.05 bits per heavy atom. The molecule has 2 rings (SSSR count). The number of rotatable bonds is 4. The first-order valence-corrected chi connectivity index (χ1v) is 7.19. The zero-order valence-electron chi connectivity index (χ0n) is 10.3. The first-order chi connectivity index (χ1) is 9.45. The van der Waals surface area contributed by atoms with E-state index < -0.39 is 27.3 Å². The Labute approximate surface area is 115 Å². The van der Waals surface area contributed by atoms with Crippen LogP contribution in [-0.2, 0) is 16.6 Å². The summed E-state index contributed by atoms with van der Waals surface area (Å²) in [5.74, 6) is -2.38. The van der Waals surface area contributed by atoms with Crippen LogP contribution in [0.25, 0.3) is 0 Å². The highest BCUT2D eigenvalue weighted by atomic mass is 32.2. The van der Waals surface area contributed by atoms with Crippen molar-refractivity contribution in [3.8, 4) is 0 Å². The second-order valence-electron chi connectivity index (χ2n) is 4.02. The van der Waals surface area contributed by atoms with Crippen molar-refractivity contribution in [2.24, 2.45) is 5.73 Å². The molecule has 20 heavy (non-hydrogen) atoms. The number of halogens is 2. The predicted octanol–water partition coefficient (Wildman–Crippen LogP) is 2.22. The van der Waals surface area contributed by atoms with Gasteiger partial charge >= 0.3 is 0 Å². The highest BCUT2D eigenvalue weighted by molar-refractivity contribution is 7.92. The number of sulfonamides is 1. The van der Waals surface area contributed by atoms with Crippen molar-refractivity contribution in [3.05, 3.63) is 59.7 Å². The monoisotopic (exact) mass is 298 g/mol. The molecule has 0 aliphatic carbocycles. The summed E-state index contributed by atoms with van der Waals surface area (Å²) in [5.41, 5.74) is 5.41. The number of nitrogens with two attached hydrogens (primary N) is 1. The number of anilines is 1. The van der Waals surface area contributed by atoms with Gasteiger partial charge in [0.05, 0.1) is 10.6 Å². The van der Waals surface area contributed by atoms with Crippen LogP contribution >= 0.6 is 0 Å². The zero-order valence-corrected chi connectivity index (χ0v) is 11.1. The van der Waals surface area contributed by atoms with Crippen LogP contribution in [-0.4, -0.2) is 8.42 Å². The minimum atomic E-state index is -4.03. The van der Waals surface area contributed by atoms with Gasteiger partial charge in [0.15, 0.2) is 11.6 Å². The maximum absolute atomic E-state index is 13.5. The van der Waals surface area contributed by atoms with Gasteiger partial charge in [0.25, 0.3) is 10.0 Å². The lowest BCUT2D eigenvalue weighted by atomic mass is 10.2. The lowest BCUT2D eigenvalue weighted by Gasteiger charge is -2.12. The third-order valence-electron chi connectivity index (χ3n) is 2.68. The molecule has 3 N–H and O–H groups in total. The van der Waals surface area contributed by atoms with E-state index in [9.17, 15) is 17.2 Å². The van der Waals surface area contributed by atoms with Gasteiger partial charge in [-0.2, -0.15) is 0 Å². The SMILES string of the molecule is NCc1ccccc1S(=O)(=O)Nc1cccc(F)c1F.